The van der Waals surface area contributed by atoms with Crippen molar-refractivity contribution >= 4 is 57.2 Å². The summed E-state index contributed by atoms with van der Waals surface area (Å²) in [5.74, 6) is 10.4. The Kier molecular flexibility index (Phi) is 15.4. The molecule has 0 bridgehead atoms. The predicted octanol–water partition coefficient (Wildman–Crippen LogP) is 8.57. The van der Waals surface area contributed by atoms with Gasteiger partial charge in [-0.1, -0.05) is 48.5 Å². The second kappa shape index (κ2) is 24.2. The van der Waals surface area contributed by atoms with Gasteiger partial charge in [0.2, 0.25) is 28.9 Å². The molecular weight excluding hydrogens is 1190 g/mol. The summed E-state index contributed by atoms with van der Waals surface area (Å²) in [6.45, 7) is 8.69. The normalized spacial score (nSPS) is 14.5. The number of nitrogens with zero attached hydrogens (tertiary/aromatic N) is 25. The zero-order valence-corrected chi connectivity index (χ0v) is 56.1. The molecule has 482 valence electrons. The first-order valence-electron chi connectivity index (χ1n) is 31.5. The Bertz CT molecular complexity index is 5400. The smallest absolute Gasteiger partial charge is 0.312 e. The first-order chi connectivity index (χ1) is 46.0. The third kappa shape index (κ3) is 10.5. The predicted molar refractivity (Wildman–Crippen MR) is 369 cm³/mol. The molecule has 0 saturated carbocycles. The Morgan fingerprint density at radius 2 is 0.863 bits per heavy atom. The molecule has 16 aromatic rings. The molecule has 0 fully saturated rings. The van der Waals surface area contributed by atoms with E-state index in [4.69, 9.17) is 0 Å². The maximum absolute atomic E-state index is 4.42. The van der Waals surface area contributed by atoms with Crippen molar-refractivity contribution < 1.29 is 13.8 Å². The lowest BCUT2D eigenvalue weighted by molar-refractivity contribution is -0.744. The fourth-order valence-corrected chi connectivity index (χ4v) is 13.3. The molecule has 0 spiro atoms. The number of anilines is 3. The van der Waals surface area contributed by atoms with Crippen LogP contribution in [0, 0.1) is 13.8 Å². The minimum atomic E-state index is 0.228. The molecule has 25 nitrogen and oxygen atoms in total. The Balaban J connectivity index is 0.000000103. The summed E-state index contributed by atoms with van der Waals surface area (Å²) in [5.41, 5.74) is 9.69. The summed E-state index contributed by atoms with van der Waals surface area (Å²) in [7, 11) is 20.6. The van der Waals surface area contributed by atoms with Gasteiger partial charge in [0.1, 0.15) is 42.0 Å². The van der Waals surface area contributed by atoms with Crippen LogP contribution in [-0.4, -0.2) is 108 Å². The second-order valence-electron chi connectivity index (χ2n) is 24.2. The van der Waals surface area contributed by atoms with E-state index < -0.39 is 0 Å². The van der Waals surface area contributed by atoms with E-state index in [9.17, 15) is 0 Å². The molecule has 2 atom stereocenters. The maximum Gasteiger partial charge on any atom is 0.312 e. The molecule has 0 amide bonds. The van der Waals surface area contributed by atoms with E-state index in [0.717, 1.165) is 63.6 Å². The standard InChI is InChI=1S/C18H20N5.C16H17N5.C15H16N5.C11H15N5.C10H12N5/c1-13-6-5-7-14(2)16(13)23-11-10-20(3)17(23)15-12-22-9-8-19-18(22)21(15)4;1-13-20(14-6-4-3-5-7-14)10-11-21(13)15-12-19-9-8-17-16(19)18(15)2;1-17-11-6-4-5-7-12(11)18(2)14(17)13-10-20-9-8-16-15(20)19(13)3;1-9-13(2)6-7-16(9)10-8-15-5-4-12-11(15)14(10)3;1-12-5-3-6-15(12)9-8-14-7-4-11-10(14)13(9)2/h5-12H,1-4H3;3-13H,1-2H3;4-10H,1-3H3;4-9H,1-3H3;3-8H,1-2H3/q+1;;+1;;+1/t;13-;;9-;/m.0.0./s1. The van der Waals surface area contributed by atoms with E-state index >= 15 is 0 Å². The molecule has 13 aromatic heterocycles. The highest BCUT2D eigenvalue weighted by molar-refractivity contribution is 5.75. The lowest BCUT2D eigenvalue weighted by atomic mass is 10.1. The number of para-hydroxylation sites is 4. The summed E-state index contributed by atoms with van der Waals surface area (Å²) in [4.78, 5) is 30.7. The van der Waals surface area contributed by atoms with E-state index in [2.05, 4.69) is 300 Å². The molecular formula is C70H80N25+3. The molecule has 95 heavy (non-hydrogen) atoms. The highest BCUT2D eigenvalue weighted by atomic mass is 15.4. The van der Waals surface area contributed by atoms with Gasteiger partial charge in [-0.25, -0.2) is 38.6 Å². The number of aryl methyl sites for hydroxylation is 11. The molecule has 0 aliphatic carbocycles. The SMILES string of the molecule is C[C@H]1N(C)C=CN1c1cn2ccnc2n1C.C[C@H]1N(c2ccccc2)C=CN1c1cn2ccnc2n1C.Cc1cccc(C)c1-n1cc[n+](C)c1-c1cn2ccnc2n1C.Cn1c(-c2cn3ccnc3n2C)[n+](C)c2ccccc21.Cn1c(-n2ccc[n+]2C)cn2ccnc12. The van der Waals surface area contributed by atoms with Gasteiger partial charge < -0.3 is 28.7 Å². The maximum atomic E-state index is 4.42. The van der Waals surface area contributed by atoms with Gasteiger partial charge in [0, 0.05) is 153 Å². The molecule has 2 aliphatic rings. The summed E-state index contributed by atoms with van der Waals surface area (Å²) in [6, 6.07) is 27.3. The monoisotopic (exact) mass is 1270 g/mol. The van der Waals surface area contributed by atoms with Crippen LogP contribution < -0.4 is 28.5 Å². The van der Waals surface area contributed by atoms with Gasteiger partial charge in [0.25, 0.3) is 0 Å². The number of hydrogen-bond acceptors (Lipinski definition) is 9. The number of hydrogen-bond donors (Lipinski definition) is 0. The van der Waals surface area contributed by atoms with Crippen molar-refractivity contribution in [2.45, 2.75) is 40.0 Å². The van der Waals surface area contributed by atoms with Gasteiger partial charge in [-0.05, 0) is 63.1 Å². The van der Waals surface area contributed by atoms with Gasteiger partial charge in [0.05, 0.1) is 45.9 Å². The van der Waals surface area contributed by atoms with Crippen LogP contribution in [0.4, 0.5) is 17.3 Å². The number of rotatable bonds is 7. The van der Waals surface area contributed by atoms with E-state index in [1.54, 1.807) is 6.20 Å². The number of fused-ring (bicyclic) bond motifs is 6. The van der Waals surface area contributed by atoms with Crippen molar-refractivity contribution in [2.24, 2.45) is 63.4 Å². The number of imidazole rings is 12. The van der Waals surface area contributed by atoms with Crippen molar-refractivity contribution in [1.82, 2.24) is 88.5 Å². The average Bonchev–Trinajstić information content (AvgIpc) is 1.87. The number of aromatic nitrogens is 21. The largest absolute Gasteiger partial charge is 0.359 e. The minimum Gasteiger partial charge on any atom is -0.359 e. The van der Waals surface area contributed by atoms with Crippen molar-refractivity contribution in [1.29, 1.82) is 0 Å². The van der Waals surface area contributed by atoms with Crippen LogP contribution in [0.2, 0.25) is 0 Å². The van der Waals surface area contributed by atoms with Crippen molar-refractivity contribution in [2.75, 3.05) is 21.7 Å². The summed E-state index contributed by atoms with van der Waals surface area (Å²) >= 11 is 0. The van der Waals surface area contributed by atoms with Crippen LogP contribution in [0.5, 0.6) is 0 Å². The van der Waals surface area contributed by atoms with Gasteiger partial charge >= 0.3 is 11.6 Å². The van der Waals surface area contributed by atoms with Crippen LogP contribution in [0.15, 0.2) is 221 Å². The molecule has 0 N–H and O–H groups in total. The first kappa shape index (κ1) is 60.5. The van der Waals surface area contributed by atoms with Crippen LogP contribution in [0.25, 0.3) is 74.5 Å². The second-order valence-corrected chi connectivity index (χ2v) is 24.2. The molecule has 0 unspecified atom stereocenters. The zero-order valence-electron chi connectivity index (χ0n) is 56.1. The van der Waals surface area contributed by atoms with Crippen molar-refractivity contribution in [3.63, 3.8) is 0 Å². The number of benzene rings is 3. The lowest BCUT2D eigenvalue weighted by Gasteiger charge is -2.29. The Labute approximate surface area is 549 Å². The van der Waals surface area contributed by atoms with Crippen LogP contribution in [0.3, 0.4) is 0 Å². The molecule has 18 rings (SSSR count). The Morgan fingerprint density at radius 1 is 0.400 bits per heavy atom. The molecule has 15 heterocycles. The van der Waals surface area contributed by atoms with E-state index in [0.29, 0.717) is 6.17 Å². The first-order valence-corrected chi connectivity index (χ1v) is 31.5. The summed E-state index contributed by atoms with van der Waals surface area (Å²) < 4.78 is 33.6. The fraction of sp³-hybridized carbons (Fsp3) is 0.229. The van der Waals surface area contributed by atoms with Crippen LogP contribution >= 0.6 is 0 Å². The Hall–Kier alpha value is -12.0. The summed E-state index contributed by atoms with van der Waals surface area (Å²) in [6.07, 6.45) is 46.7. The quantitative estimate of drug-likeness (QED) is 0.143. The molecule has 3 aromatic carbocycles. The van der Waals surface area contributed by atoms with Crippen molar-refractivity contribution in [3.8, 4) is 34.5 Å². The van der Waals surface area contributed by atoms with Crippen molar-refractivity contribution in [3.05, 3.63) is 233 Å². The minimum absolute atomic E-state index is 0.228. The third-order valence-electron chi connectivity index (χ3n) is 18.5. The highest BCUT2D eigenvalue weighted by Gasteiger charge is 2.30. The van der Waals surface area contributed by atoms with Crippen LogP contribution in [0.1, 0.15) is 25.0 Å². The van der Waals surface area contributed by atoms with Gasteiger partial charge in [-0.2, -0.15) is 4.57 Å². The van der Waals surface area contributed by atoms with E-state index in [-0.39, 0.29) is 6.17 Å². The molecule has 2 aliphatic heterocycles. The van der Waals surface area contributed by atoms with Gasteiger partial charge in [-0.3, -0.25) is 35.7 Å². The highest BCUT2D eigenvalue weighted by Crippen LogP contribution is 2.31. The molecule has 0 radical (unpaired) electrons. The summed E-state index contributed by atoms with van der Waals surface area (Å²) in [5, 5.41) is 0. The zero-order chi connectivity index (χ0) is 66.1. The van der Waals surface area contributed by atoms with Gasteiger partial charge in [0.15, 0.2) is 41.5 Å². The average molecular weight is 1270 g/mol. The molecule has 0 saturated heterocycles. The lowest BCUT2D eigenvalue weighted by Crippen LogP contribution is -2.37. The van der Waals surface area contributed by atoms with E-state index in [1.807, 2.05) is 131 Å². The third-order valence-corrected chi connectivity index (χ3v) is 18.5. The van der Waals surface area contributed by atoms with Crippen LogP contribution in [-0.2, 0) is 63.4 Å². The van der Waals surface area contributed by atoms with Gasteiger partial charge in [-0.15, -0.1) is 9.36 Å². The molecule has 25 heteroatoms. The fourth-order valence-electron chi connectivity index (χ4n) is 13.3. The topological polar surface area (TPSA) is 151 Å². The van der Waals surface area contributed by atoms with E-state index in [1.165, 1.54) is 39.4 Å². The Morgan fingerprint density at radius 3 is 1.36 bits per heavy atom.